The topological polar surface area (TPSA) is 140 Å². The maximum absolute atomic E-state index is 12.4. The van der Waals surface area contributed by atoms with Crippen LogP contribution in [0.4, 0.5) is 5.69 Å². The quantitative estimate of drug-likeness (QED) is 0.273. The van der Waals surface area contributed by atoms with Crippen LogP contribution in [-0.4, -0.2) is 57.7 Å². The van der Waals surface area contributed by atoms with Crippen molar-refractivity contribution in [3.05, 3.63) is 65.0 Å². The van der Waals surface area contributed by atoms with Crippen LogP contribution in [0.2, 0.25) is 0 Å². The second-order valence-corrected chi connectivity index (χ2v) is 6.60. The van der Waals surface area contributed by atoms with Crippen molar-refractivity contribution in [1.82, 2.24) is 0 Å². The predicted octanol–water partition coefficient (Wildman–Crippen LogP) is 0.514. The minimum Gasteiger partial charge on any atom is -0.422 e. The van der Waals surface area contributed by atoms with E-state index in [4.69, 9.17) is 9.52 Å². The molecule has 29 heavy (non-hydrogen) atoms. The number of rotatable bonds is 8. The molecule has 3 aromatic rings. The summed E-state index contributed by atoms with van der Waals surface area (Å²) in [6.45, 7) is -0.769. The Hall–Kier alpha value is -3.04. The van der Waals surface area contributed by atoms with Gasteiger partial charge in [-0.3, -0.25) is 0 Å². The summed E-state index contributed by atoms with van der Waals surface area (Å²) in [6, 6.07) is 14.3. The van der Waals surface area contributed by atoms with Gasteiger partial charge in [-0.05, 0) is 23.8 Å². The molecule has 152 valence electrons. The van der Waals surface area contributed by atoms with Gasteiger partial charge in [0.2, 0.25) is 0 Å². The second-order valence-electron chi connectivity index (χ2n) is 6.60. The number of carbonyl (C=O) groups is 1. The number of hydrogen-bond acceptors (Lipinski definition) is 8. The van der Waals surface area contributed by atoms with Gasteiger partial charge >= 0.3 is 5.63 Å². The highest BCUT2D eigenvalue weighted by atomic mass is 16.4. The van der Waals surface area contributed by atoms with E-state index in [1.807, 2.05) is 18.2 Å². The first-order chi connectivity index (χ1) is 13.9. The van der Waals surface area contributed by atoms with Crippen LogP contribution < -0.4 is 10.9 Å². The van der Waals surface area contributed by atoms with Gasteiger partial charge in [0.15, 0.2) is 0 Å². The second kappa shape index (κ2) is 8.97. The lowest BCUT2D eigenvalue weighted by atomic mass is 10.0. The molecule has 0 aliphatic carbocycles. The maximum atomic E-state index is 12.4. The van der Waals surface area contributed by atoms with Crippen molar-refractivity contribution >= 4 is 22.9 Å². The van der Waals surface area contributed by atoms with Crippen LogP contribution in [0.5, 0.6) is 0 Å². The number of aliphatic hydroxyl groups is 4. The minimum absolute atomic E-state index is 0.273. The van der Waals surface area contributed by atoms with Crippen molar-refractivity contribution in [2.45, 2.75) is 24.4 Å². The van der Waals surface area contributed by atoms with E-state index in [0.29, 0.717) is 22.9 Å². The molecule has 0 amide bonds. The van der Waals surface area contributed by atoms with Crippen LogP contribution >= 0.6 is 0 Å². The number of aldehydes is 1. The van der Waals surface area contributed by atoms with Crippen LogP contribution in [0.25, 0.3) is 22.1 Å². The van der Waals surface area contributed by atoms with Gasteiger partial charge in [-0.15, -0.1) is 0 Å². The van der Waals surface area contributed by atoms with E-state index in [0.717, 1.165) is 5.56 Å². The Bertz CT molecular complexity index is 1030. The van der Waals surface area contributed by atoms with E-state index in [1.54, 1.807) is 30.3 Å². The zero-order chi connectivity index (χ0) is 21.0. The summed E-state index contributed by atoms with van der Waals surface area (Å²) in [5, 5.41) is 41.6. The third-order valence-corrected chi connectivity index (χ3v) is 4.60. The summed E-state index contributed by atoms with van der Waals surface area (Å²) < 4.78 is 5.40. The fraction of sp³-hybridized carbons (Fsp3) is 0.238. The molecular formula is C21H21NO7. The minimum atomic E-state index is -1.73. The van der Waals surface area contributed by atoms with Gasteiger partial charge in [0.1, 0.15) is 36.2 Å². The van der Waals surface area contributed by atoms with E-state index in [9.17, 15) is 24.9 Å². The van der Waals surface area contributed by atoms with E-state index in [2.05, 4.69) is 5.32 Å². The van der Waals surface area contributed by atoms with Gasteiger partial charge in [-0.2, -0.15) is 0 Å². The lowest BCUT2D eigenvalue weighted by Crippen LogP contribution is -2.49. The molecule has 0 fully saturated rings. The third kappa shape index (κ3) is 4.52. The van der Waals surface area contributed by atoms with Crippen molar-refractivity contribution in [2.75, 3.05) is 11.9 Å². The first-order valence-corrected chi connectivity index (χ1v) is 8.95. The Balaban J connectivity index is 1.88. The SMILES string of the molecule is O=C[C@H](Nc1ccc2cc(-c3ccccc3)c(=O)oc2c1)[C@@H](O)[C@H](O)[C@H](O)CO. The molecule has 8 nitrogen and oxygen atoms in total. The zero-order valence-electron chi connectivity index (χ0n) is 15.3. The summed E-state index contributed by atoms with van der Waals surface area (Å²) in [5.41, 5.74) is 1.26. The first kappa shape index (κ1) is 20.7. The van der Waals surface area contributed by atoms with E-state index in [1.165, 1.54) is 6.07 Å². The van der Waals surface area contributed by atoms with Crippen molar-refractivity contribution < 1.29 is 29.6 Å². The monoisotopic (exact) mass is 399 g/mol. The molecule has 0 bridgehead atoms. The lowest BCUT2D eigenvalue weighted by molar-refractivity contribution is -0.117. The molecule has 3 rings (SSSR count). The molecule has 2 aromatic carbocycles. The van der Waals surface area contributed by atoms with Gasteiger partial charge in [-0.1, -0.05) is 30.3 Å². The highest BCUT2D eigenvalue weighted by Crippen LogP contribution is 2.24. The molecule has 0 saturated heterocycles. The van der Waals surface area contributed by atoms with Crippen LogP contribution in [0.1, 0.15) is 0 Å². The molecule has 5 N–H and O–H groups in total. The predicted molar refractivity (Wildman–Crippen MR) is 107 cm³/mol. The summed E-state index contributed by atoms with van der Waals surface area (Å²) >= 11 is 0. The van der Waals surface area contributed by atoms with Crippen LogP contribution in [0.3, 0.4) is 0 Å². The summed E-state index contributed by atoms with van der Waals surface area (Å²) in [7, 11) is 0. The first-order valence-electron chi connectivity index (χ1n) is 8.95. The Kier molecular flexibility index (Phi) is 6.40. The van der Waals surface area contributed by atoms with E-state index >= 15 is 0 Å². The smallest absolute Gasteiger partial charge is 0.344 e. The normalized spacial score (nSPS) is 15.4. The fourth-order valence-corrected chi connectivity index (χ4v) is 2.96. The number of fused-ring (bicyclic) bond motifs is 1. The molecule has 1 heterocycles. The molecule has 8 heteroatoms. The van der Waals surface area contributed by atoms with Gasteiger partial charge in [-0.25, -0.2) is 4.79 Å². The number of benzene rings is 2. The molecule has 0 spiro atoms. The van der Waals surface area contributed by atoms with Crippen molar-refractivity contribution in [2.24, 2.45) is 0 Å². The largest absolute Gasteiger partial charge is 0.422 e. The Morgan fingerprint density at radius 2 is 1.72 bits per heavy atom. The van der Waals surface area contributed by atoms with Crippen molar-refractivity contribution in [3.8, 4) is 11.1 Å². The van der Waals surface area contributed by atoms with E-state index in [-0.39, 0.29) is 5.58 Å². The molecule has 0 aliphatic heterocycles. The molecular weight excluding hydrogens is 378 g/mol. The standard InChI is InChI=1S/C21H21NO7/c23-10-16(19(26)20(27)17(25)11-24)22-14-7-6-13-8-15(12-4-2-1-3-5-12)21(28)29-18(13)9-14/h1-10,16-17,19-20,22,24-27H,11H2/t16-,17+,19+,20+/m0/s1. The van der Waals surface area contributed by atoms with Crippen LogP contribution in [0, 0.1) is 0 Å². The molecule has 0 aliphatic rings. The number of hydrogen-bond donors (Lipinski definition) is 5. The summed E-state index contributed by atoms with van der Waals surface area (Å²) in [4.78, 5) is 23.7. The van der Waals surface area contributed by atoms with Gasteiger partial charge < -0.3 is 35.0 Å². The summed E-state index contributed by atoms with van der Waals surface area (Å²) in [6.07, 6.45) is -4.62. The number of nitrogens with one attached hydrogen (secondary N) is 1. The Labute approximate surface area is 165 Å². The van der Waals surface area contributed by atoms with Gasteiger partial charge in [0, 0.05) is 17.1 Å². The fourth-order valence-electron chi connectivity index (χ4n) is 2.96. The molecule has 1 aromatic heterocycles. The number of aliphatic hydroxyl groups excluding tert-OH is 4. The number of anilines is 1. The zero-order valence-corrected chi connectivity index (χ0v) is 15.3. The van der Waals surface area contributed by atoms with Crippen molar-refractivity contribution in [1.29, 1.82) is 0 Å². The highest BCUT2D eigenvalue weighted by molar-refractivity contribution is 5.84. The van der Waals surface area contributed by atoms with E-state index < -0.39 is 36.6 Å². The van der Waals surface area contributed by atoms with Crippen LogP contribution in [0.15, 0.2) is 63.8 Å². The maximum Gasteiger partial charge on any atom is 0.344 e. The van der Waals surface area contributed by atoms with Gasteiger partial charge in [0.25, 0.3) is 0 Å². The summed E-state index contributed by atoms with van der Waals surface area (Å²) in [5.74, 6) is 0. The average Bonchev–Trinajstić information content (AvgIpc) is 2.75. The molecule has 0 saturated carbocycles. The van der Waals surface area contributed by atoms with Gasteiger partial charge in [0.05, 0.1) is 12.2 Å². The third-order valence-electron chi connectivity index (χ3n) is 4.60. The van der Waals surface area contributed by atoms with Crippen molar-refractivity contribution in [3.63, 3.8) is 0 Å². The lowest BCUT2D eigenvalue weighted by Gasteiger charge is -2.26. The molecule has 0 radical (unpaired) electrons. The average molecular weight is 399 g/mol. The van der Waals surface area contributed by atoms with Crippen LogP contribution in [-0.2, 0) is 4.79 Å². The molecule has 4 atom stereocenters. The number of carbonyl (C=O) groups excluding carboxylic acids is 1. The Morgan fingerprint density at radius 3 is 2.38 bits per heavy atom. The highest BCUT2D eigenvalue weighted by Gasteiger charge is 2.31. The Morgan fingerprint density at radius 1 is 1.00 bits per heavy atom. The molecule has 0 unspecified atom stereocenters.